The van der Waals surface area contributed by atoms with Gasteiger partial charge in [0.15, 0.2) is 11.5 Å². The van der Waals surface area contributed by atoms with Crippen LogP contribution >= 0.6 is 11.6 Å². The Kier molecular flexibility index (Phi) is 7.53. The zero-order valence-corrected chi connectivity index (χ0v) is 18.9. The summed E-state index contributed by atoms with van der Waals surface area (Å²) in [6.07, 6.45) is 0.404. The Labute approximate surface area is 186 Å². The second-order valence-corrected chi connectivity index (χ2v) is 9.88. The van der Waals surface area contributed by atoms with Crippen LogP contribution in [-0.2, 0) is 10.8 Å². The van der Waals surface area contributed by atoms with Crippen LogP contribution in [0.2, 0.25) is 5.02 Å². The number of hydrogen-bond acceptors (Lipinski definition) is 6. The fraction of sp³-hybridized carbons (Fsp3) is 0.500. The van der Waals surface area contributed by atoms with Crippen LogP contribution in [-0.4, -0.2) is 45.0 Å². The number of ether oxygens (including phenoxy) is 2. The quantitative estimate of drug-likeness (QED) is 0.620. The van der Waals surface area contributed by atoms with Gasteiger partial charge in [-0.15, -0.1) is 0 Å². The normalized spacial score (nSPS) is 22.0. The van der Waals surface area contributed by atoms with Gasteiger partial charge in [0.2, 0.25) is 0 Å². The standard InChI is InChI=1S/C20H25ClF2N4O3S/c1-13-15(30-19-16(29-11-17(22)23)9-14(21)10-25-19)3-4-18(27(13)24)26-12-20(2)5-7-31(28)8-6-20/h3-4,9-10,17H,5-8,11-12,24H2,1-2H3. The minimum atomic E-state index is -2.65. The first-order valence-electron chi connectivity index (χ1n) is 9.74. The Bertz CT molecular complexity index is 1020. The first-order chi connectivity index (χ1) is 14.7. The highest BCUT2D eigenvalue weighted by molar-refractivity contribution is 7.85. The smallest absolute Gasteiger partial charge is 0.272 e. The highest BCUT2D eigenvalue weighted by Gasteiger charge is 2.29. The van der Waals surface area contributed by atoms with Gasteiger partial charge in [-0.2, -0.15) is 0 Å². The van der Waals surface area contributed by atoms with Gasteiger partial charge >= 0.3 is 0 Å². The highest BCUT2D eigenvalue weighted by atomic mass is 35.5. The van der Waals surface area contributed by atoms with Gasteiger partial charge in [-0.05, 0) is 37.3 Å². The van der Waals surface area contributed by atoms with Gasteiger partial charge in [-0.25, -0.2) is 18.4 Å². The van der Waals surface area contributed by atoms with Crippen molar-refractivity contribution in [1.82, 2.24) is 9.66 Å². The summed E-state index contributed by atoms with van der Waals surface area (Å²) in [5.74, 6) is 7.98. The first kappa shape index (κ1) is 23.5. The van der Waals surface area contributed by atoms with E-state index < -0.39 is 23.8 Å². The van der Waals surface area contributed by atoms with Crippen LogP contribution in [0.25, 0.3) is 0 Å². The lowest BCUT2D eigenvalue weighted by atomic mass is 9.84. The molecule has 11 heteroatoms. The summed E-state index contributed by atoms with van der Waals surface area (Å²) in [7, 11) is -0.728. The number of pyridine rings is 2. The van der Waals surface area contributed by atoms with Gasteiger partial charge in [-0.1, -0.05) is 18.5 Å². The van der Waals surface area contributed by atoms with Crippen LogP contribution in [0.5, 0.6) is 17.4 Å². The van der Waals surface area contributed by atoms with E-state index in [2.05, 4.69) is 16.9 Å². The Morgan fingerprint density at radius 2 is 2.06 bits per heavy atom. The van der Waals surface area contributed by atoms with E-state index >= 15 is 0 Å². The molecule has 0 radical (unpaired) electrons. The highest BCUT2D eigenvalue weighted by Crippen LogP contribution is 2.33. The Hall–Kier alpha value is -2.20. The molecule has 0 unspecified atom stereocenters. The molecule has 3 rings (SSSR count). The minimum Gasteiger partial charge on any atom is -0.482 e. The lowest BCUT2D eigenvalue weighted by Crippen LogP contribution is -2.34. The molecule has 31 heavy (non-hydrogen) atoms. The summed E-state index contributed by atoms with van der Waals surface area (Å²) >= 11 is 5.89. The van der Waals surface area contributed by atoms with E-state index in [1.807, 2.05) is 0 Å². The number of nitrogen functional groups attached to an aromatic ring is 1. The van der Waals surface area contributed by atoms with Crippen molar-refractivity contribution in [2.24, 2.45) is 10.4 Å². The number of nitrogens with zero attached hydrogens (tertiary/aromatic N) is 3. The van der Waals surface area contributed by atoms with Crippen molar-refractivity contribution in [2.45, 2.75) is 33.1 Å². The molecule has 0 spiro atoms. The second-order valence-electron chi connectivity index (χ2n) is 7.75. The summed E-state index contributed by atoms with van der Waals surface area (Å²) in [4.78, 5) is 8.69. The average Bonchev–Trinajstić information content (AvgIpc) is 2.73. The van der Waals surface area contributed by atoms with Gasteiger partial charge in [0, 0.05) is 41.1 Å². The van der Waals surface area contributed by atoms with Crippen LogP contribution in [0.4, 0.5) is 8.78 Å². The van der Waals surface area contributed by atoms with E-state index in [0.29, 0.717) is 35.0 Å². The number of hydrogen-bond donors (Lipinski definition) is 1. The van der Waals surface area contributed by atoms with E-state index in [-0.39, 0.29) is 22.1 Å². The molecule has 0 saturated carbocycles. The van der Waals surface area contributed by atoms with Crippen molar-refractivity contribution in [2.75, 3.05) is 30.5 Å². The Morgan fingerprint density at radius 3 is 2.74 bits per heavy atom. The van der Waals surface area contributed by atoms with Gasteiger partial charge in [0.25, 0.3) is 12.3 Å². The number of halogens is 3. The molecule has 2 aromatic heterocycles. The molecular formula is C20H25ClF2N4O3S. The summed E-state index contributed by atoms with van der Waals surface area (Å²) in [5.41, 5.74) is 1.12. The van der Waals surface area contributed by atoms with Crippen LogP contribution in [0.15, 0.2) is 29.4 Å². The third-order valence-electron chi connectivity index (χ3n) is 5.19. The van der Waals surface area contributed by atoms with E-state index in [1.165, 1.54) is 16.9 Å². The molecule has 0 aromatic carbocycles. The molecule has 0 atom stereocenters. The molecule has 2 N–H and O–H groups in total. The van der Waals surface area contributed by atoms with Crippen molar-refractivity contribution < 1.29 is 22.5 Å². The minimum absolute atomic E-state index is 0.000515. The SMILES string of the molecule is Cc1c(Oc2ncc(Cl)cc2OCC(F)F)ccc(=NCC2(C)CCS(=O)CC2)n1N. The molecule has 7 nitrogen and oxygen atoms in total. The molecular weight excluding hydrogens is 450 g/mol. The topological polar surface area (TPSA) is 91.7 Å². The molecule has 1 fully saturated rings. The van der Waals surface area contributed by atoms with Gasteiger partial charge in [0.05, 0.1) is 10.7 Å². The van der Waals surface area contributed by atoms with Crippen molar-refractivity contribution >= 4 is 22.4 Å². The van der Waals surface area contributed by atoms with Gasteiger partial charge in [-0.3, -0.25) is 9.20 Å². The van der Waals surface area contributed by atoms with Crippen molar-refractivity contribution in [1.29, 1.82) is 0 Å². The molecule has 2 aromatic rings. The summed E-state index contributed by atoms with van der Waals surface area (Å²) < 4.78 is 48.9. The van der Waals surface area contributed by atoms with Crippen molar-refractivity contribution in [3.05, 3.63) is 40.6 Å². The zero-order valence-electron chi connectivity index (χ0n) is 17.3. The van der Waals surface area contributed by atoms with E-state index in [0.717, 1.165) is 12.8 Å². The molecule has 0 aliphatic carbocycles. The Balaban J connectivity index is 1.80. The maximum absolute atomic E-state index is 12.5. The van der Waals surface area contributed by atoms with Crippen molar-refractivity contribution in [3.63, 3.8) is 0 Å². The monoisotopic (exact) mass is 474 g/mol. The molecule has 3 heterocycles. The molecule has 170 valence electrons. The molecule has 1 aliphatic heterocycles. The third kappa shape index (κ3) is 6.16. The summed E-state index contributed by atoms with van der Waals surface area (Å²) in [6, 6.07) is 4.75. The average molecular weight is 475 g/mol. The van der Waals surface area contributed by atoms with Crippen LogP contribution < -0.4 is 20.8 Å². The Morgan fingerprint density at radius 1 is 1.35 bits per heavy atom. The second kappa shape index (κ2) is 9.95. The summed E-state index contributed by atoms with van der Waals surface area (Å²) in [6.45, 7) is 3.66. The zero-order chi connectivity index (χ0) is 22.6. The molecule has 1 saturated heterocycles. The van der Waals surface area contributed by atoms with Gasteiger partial charge in [0.1, 0.15) is 12.1 Å². The largest absolute Gasteiger partial charge is 0.482 e. The van der Waals surface area contributed by atoms with E-state index in [1.54, 1.807) is 19.1 Å². The number of nitrogens with two attached hydrogens (primary N) is 1. The number of rotatable bonds is 7. The third-order valence-corrected chi connectivity index (χ3v) is 6.72. The predicted octanol–water partition coefficient (Wildman–Crippen LogP) is 3.44. The molecule has 0 bridgehead atoms. The number of aromatic nitrogens is 2. The fourth-order valence-electron chi connectivity index (χ4n) is 3.10. The van der Waals surface area contributed by atoms with E-state index in [9.17, 15) is 13.0 Å². The number of alkyl halides is 2. The lowest BCUT2D eigenvalue weighted by molar-refractivity contribution is 0.0804. The predicted molar refractivity (Wildman–Crippen MR) is 116 cm³/mol. The fourth-order valence-corrected chi connectivity index (χ4v) is 4.89. The first-order valence-corrected chi connectivity index (χ1v) is 11.6. The van der Waals surface area contributed by atoms with Crippen LogP contribution in [0.3, 0.4) is 0 Å². The van der Waals surface area contributed by atoms with Crippen LogP contribution in [0.1, 0.15) is 25.5 Å². The lowest BCUT2D eigenvalue weighted by Gasteiger charge is -2.31. The maximum Gasteiger partial charge on any atom is 0.272 e. The van der Waals surface area contributed by atoms with Gasteiger partial charge < -0.3 is 15.3 Å². The summed E-state index contributed by atoms with van der Waals surface area (Å²) in [5, 5.41) is 0.233. The van der Waals surface area contributed by atoms with Crippen molar-refractivity contribution in [3.8, 4) is 17.4 Å². The van der Waals surface area contributed by atoms with Crippen LogP contribution in [0, 0.1) is 12.3 Å². The maximum atomic E-state index is 12.5. The molecule has 1 aliphatic rings. The molecule has 0 amide bonds. The van der Waals surface area contributed by atoms with E-state index in [4.69, 9.17) is 26.9 Å².